The van der Waals surface area contributed by atoms with Crippen LogP contribution >= 0.6 is 11.6 Å². The SMILES string of the molecule is O=C(NS(=O)(=O)Cc1ccc(Cl)nc1)c1ccccc1OC1CCC1. The fourth-order valence-corrected chi connectivity index (χ4v) is 3.55. The van der Waals surface area contributed by atoms with E-state index >= 15 is 0 Å². The van der Waals surface area contributed by atoms with Gasteiger partial charge in [0.25, 0.3) is 5.91 Å². The Kier molecular flexibility index (Phi) is 5.24. The zero-order valence-electron chi connectivity index (χ0n) is 13.3. The van der Waals surface area contributed by atoms with Gasteiger partial charge in [0.05, 0.1) is 17.4 Å². The quantitative estimate of drug-likeness (QED) is 0.779. The molecule has 1 aromatic heterocycles. The second kappa shape index (κ2) is 7.41. The number of nitrogens with one attached hydrogen (secondary N) is 1. The maximum Gasteiger partial charge on any atom is 0.268 e. The molecule has 132 valence electrons. The Bertz CT molecular complexity index is 864. The Morgan fingerprint density at radius 1 is 1.24 bits per heavy atom. The van der Waals surface area contributed by atoms with E-state index in [1.54, 1.807) is 30.3 Å². The van der Waals surface area contributed by atoms with Gasteiger partial charge in [-0.15, -0.1) is 0 Å². The number of rotatable bonds is 6. The van der Waals surface area contributed by atoms with Gasteiger partial charge in [-0.3, -0.25) is 4.79 Å². The lowest BCUT2D eigenvalue weighted by Gasteiger charge is -2.27. The van der Waals surface area contributed by atoms with E-state index in [0.717, 1.165) is 19.3 Å². The largest absolute Gasteiger partial charge is 0.490 e. The summed E-state index contributed by atoms with van der Waals surface area (Å²) in [5.74, 6) is -0.681. The molecule has 8 heteroatoms. The van der Waals surface area contributed by atoms with E-state index in [1.165, 1.54) is 12.3 Å². The molecule has 1 fully saturated rings. The van der Waals surface area contributed by atoms with Gasteiger partial charge in [0.15, 0.2) is 0 Å². The number of pyridine rings is 1. The van der Waals surface area contributed by atoms with Gasteiger partial charge in [0.1, 0.15) is 10.9 Å². The van der Waals surface area contributed by atoms with Crippen LogP contribution in [0.5, 0.6) is 5.75 Å². The van der Waals surface area contributed by atoms with Crippen molar-refractivity contribution >= 4 is 27.5 Å². The highest BCUT2D eigenvalue weighted by Crippen LogP contribution is 2.27. The summed E-state index contributed by atoms with van der Waals surface area (Å²) in [6, 6.07) is 9.67. The summed E-state index contributed by atoms with van der Waals surface area (Å²) in [5, 5.41) is 0.271. The number of benzene rings is 1. The van der Waals surface area contributed by atoms with E-state index in [1.807, 2.05) is 0 Å². The Hall–Kier alpha value is -2.12. The topological polar surface area (TPSA) is 85.4 Å². The van der Waals surface area contributed by atoms with Crippen LogP contribution in [0.25, 0.3) is 0 Å². The molecule has 1 saturated carbocycles. The number of aromatic nitrogens is 1. The average molecular weight is 381 g/mol. The third kappa shape index (κ3) is 4.70. The second-order valence-electron chi connectivity index (χ2n) is 5.85. The Morgan fingerprint density at radius 3 is 2.64 bits per heavy atom. The molecule has 0 bridgehead atoms. The van der Waals surface area contributed by atoms with E-state index < -0.39 is 15.9 Å². The summed E-state index contributed by atoms with van der Waals surface area (Å²) in [5.41, 5.74) is 0.635. The van der Waals surface area contributed by atoms with Gasteiger partial charge in [0.2, 0.25) is 10.0 Å². The van der Waals surface area contributed by atoms with E-state index in [-0.39, 0.29) is 22.6 Å². The molecule has 1 aromatic carbocycles. The number of nitrogens with zero attached hydrogens (tertiary/aromatic N) is 1. The monoisotopic (exact) mass is 380 g/mol. The maximum atomic E-state index is 12.4. The van der Waals surface area contributed by atoms with E-state index in [4.69, 9.17) is 16.3 Å². The molecule has 6 nitrogen and oxygen atoms in total. The fourth-order valence-electron chi connectivity index (χ4n) is 2.37. The smallest absolute Gasteiger partial charge is 0.268 e. The first-order chi connectivity index (χ1) is 11.9. The molecule has 1 amide bonds. The third-order valence-electron chi connectivity index (χ3n) is 3.87. The third-order valence-corrected chi connectivity index (χ3v) is 5.30. The van der Waals surface area contributed by atoms with Crippen molar-refractivity contribution in [2.45, 2.75) is 31.1 Å². The summed E-state index contributed by atoms with van der Waals surface area (Å²) in [6.45, 7) is 0. The number of ether oxygens (including phenoxy) is 1. The van der Waals surface area contributed by atoms with Gasteiger partial charge < -0.3 is 4.74 Å². The van der Waals surface area contributed by atoms with E-state index in [2.05, 4.69) is 9.71 Å². The van der Waals surface area contributed by atoms with Crippen LogP contribution in [0.4, 0.5) is 0 Å². The standard InChI is InChI=1S/C17H17ClN2O4S/c18-16-9-8-12(10-19-16)11-25(22,23)20-17(21)14-6-1-2-7-15(14)24-13-4-3-5-13/h1-2,6-10,13H,3-5,11H2,(H,20,21). The summed E-state index contributed by atoms with van der Waals surface area (Å²) >= 11 is 5.68. The highest BCUT2D eigenvalue weighted by atomic mass is 35.5. The van der Waals surface area contributed by atoms with Crippen LogP contribution in [-0.2, 0) is 15.8 Å². The summed E-state index contributed by atoms with van der Waals surface area (Å²) < 4.78 is 32.3. The van der Waals surface area contributed by atoms with Crippen molar-refractivity contribution in [1.29, 1.82) is 0 Å². The molecule has 3 rings (SSSR count). The lowest BCUT2D eigenvalue weighted by molar-refractivity contribution is 0.0954. The van der Waals surface area contributed by atoms with Crippen LogP contribution < -0.4 is 9.46 Å². The number of sulfonamides is 1. The molecule has 0 spiro atoms. The van der Waals surface area contributed by atoms with Gasteiger partial charge in [-0.05, 0) is 43.0 Å². The van der Waals surface area contributed by atoms with Crippen LogP contribution in [0.3, 0.4) is 0 Å². The minimum absolute atomic E-state index is 0.0886. The molecular formula is C17H17ClN2O4S. The molecule has 25 heavy (non-hydrogen) atoms. The molecule has 1 aliphatic rings. The average Bonchev–Trinajstić information content (AvgIpc) is 2.53. The summed E-state index contributed by atoms with van der Waals surface area (Å²) in [4.78, 5) is 16.2. The van der Waals surface area contributed by atoms with Crippen molar-refractivity contribution in [3.8, 4) is 5.75 Å². The van der Waals surface area contributed by atoms with Gasteiger partial charge in [-0.2, -0.15) is 0 Å². The van der Waals surface area contributed by atoms with Crippen LogP contribution in [-0.4, -0.2) is 25.4 Å². The predicted octanol–water partition coefficient (Wildman–Crippen LogP) is 2.93. The fraction of sp³-hybridized carbons (Fsp3) is 0.294. The highest BCUT2D eigenvalue weighted by Gasteiger charge is 2.24. The molecule has 1 aliphatic carbocycles. The number of carbonyl (C=O) groups is 1. The second-order valence-corrected chi connectivity index (χ2v) is 7.96. The van der Waals surface area contributed by atoms with Crippen LogP contribution in [0, 0.1) is 0 Å². The van der Waals surface area contributed by atoms with Crippen LogP contribution in [0.2, 0.25) is 5.15 Å². The molecule has 0 unspecified atom stereocenters. The molecule has 1 N–H and O–H groups in total. The minimum atomic E-state index is -3.87. The first-order valence-corrected chi connectivity index (χ1v) is 9.87. The lowest BCUT2D eigenvalue weighted by atomic mass is 9.96. The number of hydrogen-bond donors (Lipinski definition) is 1. The molecule has 0 saturated heterocycles. The highest BCUT2D eigenvalue weighted by molar-refractivity contribution is 7.89. The number of carbonyl (C=O) groups excluding carboxylic acids is 1. The first-order valence-electron chi connectivity index (χ1n) is 7.84. The number of amides is 1. The zero-order chi connectivity index (χ0) is 17.9. The molecule has 0 atom stereocenters. The number of halogens is 1. The predicted molar refractivity (Wildman–Crippen MR) is 94.0 cm³/mol. The first kappa shape index (κ1) is 17.7. The Balaban J connectivity index is 1.71. The molecule has 2 aromatic rings. The van der Waals surface area contributed by atoms with Gasteiger partial charge in [-0.25, -0.2) is 18.1 Å². The Morgan fingerprint density at radius 2 is 2.00 bits per heavy atom. The van der Waals surface area contributed by atoms with Gasteiger partial charge in [-0.1, -0.05) is 29.8 Å². The van der Waals surface area contributed by atoms with E-state index in [0.29, 0.717) is 11.3 Å². The molecule has 0 radical (unpaired) electrons. The molecule has 0 aliphatic heterocycles. The molecule has 1 heterocycles. The number of hydrogen-bond acceptors (Lipinski definition) is 5. The van der Waals surface area contributed by atoms with Crippen LogP contribution in [0.15, 0.2) is 42.6 Å². The summed E-state index contributed by atoms with van der Waals surface area (Å²) in [7, 11) is -3.87. The summed E-state index contributed by atoms with van der Waals surface area (Å²) in [6.07, 6.45) is 4.43. The van der Waals surface area contributed by atoms with E-state index in [9.17, 15) is 13.2 Å². The van der Waals surface area contributed by atoms with Gasteiger partial charge in [0, 0.05) is 6.20 Å². The van der Waals surface area contributed by atoms with Crippen molar-refractivity contribution in [2.24, 2.45) is 0 Å². The zero-order valence-corrected chi connectivity index (χ0v) is 14.9. The maximum absolute atomic E-state index is 12.4. The van der Waals surface area contributed by atoms with Gasteiger partial charge >= 0.3 is 0 Å². The molecular weight excluding hydrogens is 364 g/mol. The van der Waals surface area contributed by atoms with Crippen molar-refractivity contribution in [1.82, 2.24) is 9.71 Å². The van der Waals surface area contributed by atoms with Crippen molar-refractivity contribution in [3.63, 3.8) is 0 Å². The van der Waals surface area contributed by atoms with Crippen molar-refractivity contribution < 1.29 is 17.9 Å². The Labute approximate surface area is 151 Å². The minimum Gasteiger partial charge on any atom is -0.490 e. The number of para-hydroxylation sites is 1. The lowest BCUT2D eigenvalue weighted by Crippen LogP contribution is -2.32. The van der Waals surface area contributed by atoms with Crippen LogP contribution in [0.1, 0.15) is 35.2 Å². The van der Waals surface area contributed by atoms with Crippen molar-refractivity contribution in [3.05, 3.63) is 58.9 Å². The normalized spacial score (nSPS) is 14.6. The van der Waals surface area contributed by atoms with Crippen molar-refractivity contribution in [2.75, 3.05) is 0 Å².